The molecule has 0 radical (unpaired) electrons. The second-order valence-corrected chi connectivity index (χ2v) is 3.81. The van der Waals surface area contributed by atoms with Crippen molar-refractivity contribution < 1.29 is 26.7 Å². The lowest BCUT2D eigenvalue weighted by Crippen LogP contribution is -2.14. The van der Waals surface area contributed by atoms with Crippen molar-refractivity contribution >= 4 is 11.6 Å². The first-order valence-corrected chi connectivity index (χ1v) is 5.30. The van der Waals surface area contributed by atoms with Crippen LogP contribution < -0.4 is 5.32 Å². The Balaban J connectivity index is 2.28. The van der Waals surface area contributed by atoms with Gasteiger partial charge in [-0.05, 0) is 30.3 Å². The monoisotopic (exact) mass is 287 g/mol. The molecule has 2 nitrogen and oxygen atoms in total. The minimum atomic E-state index is -1.74. The van der Waals surface area contributed by atoms with Crippen molar-refractivity contribution in [2.24, 2.45) is 0 Å². The van der Waals surface area contributed by atoms with E-state index >= 15 is 0 Å². The molecule has 0 unspecified atom stereocenters. The summed E-state index contributed by atoms with van der Waals surface area (Å²) in [6.45, 7) is 0. The molecule has 0 aromatic heterocycles. The minimum absolute atomic E-state index is 0.298. The molecule has 0 atom stereocenters. The molecule has 1 amide bonds. The van der Waals surface area contributed by atoms with Crippen molar-refractivity contribution in [3.05, 3.63) is 65.0 Å². The molecule has 0 heterocycles. The van der Waals surface area contributed by atoms with Gasteiger partial charge in [0.1, 0.15) is 0 Å². The van der Waals surface area contributed by atoms with Crippen LogP contribution >= 0.6 is 0 Å². The van der Waals surface area contributed by atoms with E-state index in [1.807, 2.05) is 5.32 Å². The van der Waals surface area contributed by atoms with Crippen LogP contribution in [-0.2, 0) is 0 Å². The van der Waals surface area contributed by atoms with Crippen molar-refractivity contribution in [3.8, 4) is 0 Å². The second-order valence-electron chi connectivity index (χ2n) is 3.81. The molecular weight excluding hydrogens is 281 g/mol. The number of benzene rings is 2. The van der Waals surface area contributed by atoms with Gasteiger partial charge in [-0.25, -0.2) is 22.0 Å². The molecule has 1 N–H and O–H groups in total. The average molecular weight is 287 g/mol. The predicted octanol–water partition coefficient (Wildman–Crippen LogP) is 3.63. The van der Waals surface area contributed by atoms with Crippen LogP contribution in [0.25, 0.3) is 0 Å². The number of amides is 1. The van der Waals surface area contributed by atoms with Gasteiger partial charge in [0.25, 0.3) is 5.91 Å². The normalized spacial score (nSPS) is 10.4. The van der Waals surface area contributed by atoms with Gasteiger partial charge in [-0.1, -0.05) is 0 Å². The van der Waals surface area contributed by atoms with E-state index in [0.29, 0.717) is 18.2 Å². The van der Waals surface area contributed by atoms with Crippen LogP contribution in [0.1, 0.15) is 10.4 Å². The Kier molecular flexibility index (Phi) is 3.69. The van der Waals surface area contributed by atoms with Gasteiger partial charge >= 0.3 is 0 Å². The molecule has 2 aromatic carbocycles. The third kappa shape index (κ3) is 2.61. The van der Waals surface area contributed by atoms with E-state index in [0.717, 1.165) is 12.1 Å². The zero-order chi connectivity index (χ0) is 14.9. The highest BCUT2D eigenvalue weighted by Gasteiger charge is 2.16. The smallest absolute Gasteiger partial charge is 0.255 e. The Morgan fingerprint density at radius 1 is 0.800 bits per heavy atom. The van der Waals surface area contributed by atoms with Crippen LogP contribution in [0.15, 0.2) is 30.3 Å². The van der Waals surface area contributed by atoms with Gasteiger partial charge in [-0.2, -0.15) is 0 Å². The maximum absolute atomic E-state index is 13.3. The molecule has 0 saturated carbocycles. The van der Waals surface area contributed by atoms with Crippen LogP contribution in [0.5, 0.6) is 0 Å². The third-order valence-electron chi connectivity index (χ3n) is 2.47. The Morgan fingerprint density at radius 3 is 2.10 bits per heavy atom. The van der Waals surface area contributed by atoms with Gasteiger partial charge in [0.15, 0.2) is 29.1 Å². The highest BCUT2D eigenvalue weighted by molar-refractivity contribution is 6.04. The Labute approximate surface area is 109 Å². The largest absolute Gasteiger partial charge is 0.319 e. The topological polar surface area (TPSA) is 29.1 Å². The van der Waals surface area contributed by atoms with Crippen LogP contribution in [0, 0.1) is 29.1 Å². The van der Waals surface area contributed by atoms with E-state index in [2.05, 4.69) is 0 Å². The lowest BCUT2D eigenvalue weighted by atomic mass is 10.2. The molecule has 7 heteroatoms. The number of rotatable bonds is 2. The Morgan fingerprint density at radius 2 is 1.45 bits per heavy atom. The molecule has 2 rings (SSSR count). The second kappa shape index (κ2) is 5.28. The van der Waals surface area contributed by atoms with Gasteiger partial charge in [0.2, 0.25) is 0 Å². The number of anilines is 1. The standard InChI is InChI=1S/C13H6F5NO/c14-7-2-1-6(5-9(7)16)13(20)19-10-4-3-8(15)11(17)12(10)18/h1-5H,(H,19,20). The lowest BCUT2D eigenvalue weighted by Gasteiger charge is -2.07. The fourth-order valence-electron chi connectivity index (χ4n) is 1.45. The van der Waals surface area contributed by atoms with Crippen LogP contribution in [0.2, 0.25) is 0 Å². The SMILES string of the molecule is O=C(Nc1ccc(F)c(F)c1F)c1ccc(F)c(F)c1. The van der Waals surface area contributed by atoms with E-state index in [4.69, 9.17) is 0 Å². The highest BCUT2D eigenvalue weighted by Crippen LogP contribution is 2.20. The number of nitrogens with one attached hydrogen (secondary N) is 1. The van der Waals surface area contributed by atoms with Crippen LogP contribution in [-0.4, -0.2) is 5.91 Å². The molecule has 0 aliphatic rings. The molecule has 2 aromatic rings. The van der Waals surface area contributed by atoms with Gasteiger partial charge in [0.05, 0.1) is 5.69 Å². The van der Waals surface area contributed by atoms with Crippen molar-refractivity contribution in [1.82, 2.24) is 0 Å². The van der Waals surface area contributed by atoms with Gasteiger partial charge < -0.3 is 5.32 Å². The quantitative estimate of drug-likeness (QED) is 0.663. The zero-order valence-corrected chi connectivity index (χ0v) is 9.68. The Hall–Kier alpha value is -2.44. The van der Waals surface area contributed by atoms with E-state index in [1.165, 1.54) is 0 Å². The molecule has 0 aliphatic carbocycles. The number of carbonyl (C=O) groups is 1. The summed E-state index contributed by atoms with van der Waals surface area (Å²) in [6.07, 6.45) is 0. The number of hydrogen-bond donors (Lipinski definition) is 1. The molecule has 0 aliphatic heterocycles. The fraction of sp³-hybridized carbons (Fsp3) is 0. The van der Waals surface area contributed by atoms with Crippen molar-refractivity contribution in [2.45, 2.75) is 0 Å². The molecule has 20 heavy (non-hydrogen) atoms. The van der Waals surface area contributed by atoms with Crippen molar-refractivity contribution in [1.29, 1.82) is 0 Å². The van der Waals surface area contributed by atoms with E-state index in [-0.39, 0.29) is 5.56 Å². The predicted molar refractivity (Wildman–Crippen MR) is 60.6 cm³/mol. The summed E-state index contributed by atoms with van der Waals surface area (Å²) in [5, 5.41) is 1.93. The molecule has 104 valence electrons. The minimum Gasteiger partial charge on any atom is -0.319 e. The maximum atomic E-state index is 13.3. The molecule has 0 bridgehead atoms. The summed E-state index contributed by atoms with van der Waals surface area (Å²) >= 11 is 0. The molecular formula is C13H6F5NO. The molecule has 0 saturated heterocycles. The highest BCUT2D eigenvalue weighted by atomic mass is 19.2. The fourth-order valence-corrected chi connectivity index (χ4v) is 1.45. The number of hydrogen-bond acceptors (Lipinski definition) is 1. The first-order valence-electron chi connectivity index (χ1n) is 5.30. The summed E-state index contributed by atoms with van der Waals surface area (Å²) < 4.78 is 64.6. The first kappa shape index (κ1) is 14.0. The summed E-state index contributed by atoms with van der Waals surface area (Å²) in [6, 6.07) is 3.71. The average Bonchev–Trinajstić information content (AvgIpc) is 2.42. The van der Waals surface area contributed by atoms with Crippen molar-refractivity contribution in [2.75, 3.05) is 5.32 Å². The zero-order valence-electron chi connectivity index (χ0n) is 9.68. The van der Waals surface area contributed by atoms with Crippen molar-refractivity contribution in [3.63, 3.8) is 0 Å². The first-order chi connectivity index (χ1) is 9.40. The van der Waals surface area contributed by atoms with E-state index < -0.39 is 40.7 Å². The van der Waals surface area contributed by atoms with Gasteiger partial charge in [-0.3, -0.25) is 4.79 Å². The van der Waals surface area contributed by atoms with E-state index in [9.17, 15) is 26.7 Å². The molecule has 0 fully saturated rings. The number of carbonyl (C=O) groups excluding carboxylic acids is 1. The number of halogens is 5. The summed E-state index contributed by atoms with van der Waals surface area (Å²) in [4.78, 5) is 11.6. The lowest BCUT2D eigenvalue weighted by molar-refractivity contribution is 0.102. The third-order valence-corrected chi connectivity index (χ3v) is 2.47. The molecule has 0 spiro atoms. The van der Waals surface area contributed by atoms with Crippen LogP contribution in [0.4, 0.5) is 27.6 Å². The summed E-state index contributed by atoms with van der Waals surface area (Å²) in [7, 11) is 0. The van der Waals surface area contributed by atoms with E-state index in [1.54, 1.807) is 0 Å². The Bertz CT molecular complexity index is 687. The van der Waals surface area contributed by atoms with Gasteiger partial charge in [-0.15, -0.1) is 0 Å². The van der Waals surface area contributed by atoms with Crippen LogP contribution in [0.3, 0.4) is 0 Å². The maximum Gasteiger partial charge on any atom is 0.255 e. The summed E-state index contributed by atoms with van der Waals surface area (Å²) in [5.74, 6) is -8.14. The van der Waals surface area contributed by atoms with Gasteiger partial charge in [0, 0.05) is 5.56 Å². The summed E-state index contributed by atoms with van der Waals surface area (Å²) in [5.41, 5.74) is -0.910.